The van der Waals surface area contributed by atoms with E-state index in [-0.39, 0.29) is 59.2 Å². The molecule has 8 rings (SSSR count). The van der Waals surface area contributed by atoms with Gasteiger partial charge in [0.25, 0.3) is 0 Å². The molecule has 0 bridgehead atoms. The van der Waals surface area contributed by atoms with Gasteiger partial charge < -0.3 is 61.0 Å². The summed E-state index contributed by atoms with van der Waals surface area (Å²) < 4.78 is 16.8. The third kappa shape index (κ3) is 7.57. The second-order valence-corrected chi connectivity index (χ2v) is 16.6. The van der Waals surface area contributed by atoms with Crippen LogP contribution < -0.4 is 20.5 Å². The fraction of sp³-hybridized carbons (Fsp3) is 0.340. The lowest BCUT2D eigenvalue weighted by Crippen LogP contribution is -2.53. The van der Waals surface area contributed by atoms with Crippen molar-refractivity contribution in [3.05, 3.63) is 129 Å². The van der Waals surface area contributed by atoms with E-state index < -0.39 is 41.0 Å². The number of aliphatic hydroxyl groups is 1. The van der Waals surface area contributed by atoms with Gasteiger partial charge in [0.1, 0.15) is 41.8 Å². The van der Waals surface area contributed by atoms with Gasteiger partial charge in [0.05, 0.1) is 22.9 Å². The van der Waals surface area contributed by atoms with Crippen molar-refractivity contribution in [2.75, 3.05) is 32.7 Å². The fourth-order valence-electron chi connectivity index (χ4n) is 9.08. The molecule has 15 heteroatoms. The Hall–Kier alpha value is -5.84. The SMILES string of the molecule is CC.CNC1c2c(cc(C)c(O)c2O)CCN2C1C(O)c1c(O)c(C)c3c(c1[C@@H]2COC(=O)C(N)CSC(c1ccc(O)cc1)(c1ccc(O)cc1)c1ccc(O)cc1)OCO3. The number of benzene rings is 5. The van der Waals surface area contributed by atoms with Gasteiger partial charge in [-0.05, 0) is 91.5 Å². The Morgan fingerprint density at radius 2 is 1.35 bits per heavy atom. The summed E-state index contributed by atoms with van der Waals surface area (Å²) in [7, 11) is 1.68. The number of ether oxygens (including phenoxy) is 3. The van der Waals surface area contributed by atoms with Crippen LogP contribution in [0.4, 0.5) is 0 Å². The van der Waals surface area contributed by atoms with Crippen molar-refractivity contribution in [2.45, 2.75) is 69.1 Å². The van der Waals surface area contributed by atoms with Gasteiger partial charge in [0.15, 0.2) is 23.0 Å². The number of carbonyl (C=O) groups is 1. The quantitative estimate of drug-likeness (QED) is 0.0435. The van der Waals surface area contributed by atoms with Crippen LogP contribution in [0.25, 0.3) is 0 Å². The van der Waals surface area contributed by atoms with Crippen LogP contribution in [0.1, 0.15) is 82.1 Å². The number of nitrogens with zero attached hydrogens (tertiary/aromatic N) is 1. The van der Waals surface area contributed by atoms with E-state index in [0.29, 0.717) is 46.7 Å². The Morgan fingerprint density at radius 3 is 1.89 bits per heavy atom. The molecule has 62 heavy (non-hydrogen) atoms. The Bertz CT molecular complexity index is 2320. The van der Waals surface area contributed by atoms with Gasteiger partial charge in [-0.1, -0.05) is 56.3 Å². The van der Waals surface area contributed by atoms with Crippen molar-refractivity contribution >= 4 is 17.7 Å². The second kappa shape index (κ2) is 17.9. The maximum absolute atomic E-state index is 14.1. The number of nitrogens with two attached hydrogens (primary N) is 1. The zero-order valence-corrected chi connectivity index (χ0v) is 35.9. The molecule has 0 aliphatic carbocycles. The Labute approximate surface area is 364 Å². The number of rotatable bonds is 10. The van der Waals surface area contributed by atoms with E-state index in [9.17, 15) is 40.5 Å². The van der Waals surface area contributed by atoms with Gasteiger partial charge >= 0.3 is 5.97 Å². The lowest BCUT2D eigenvalue weighted by Gasteiger charge is -2.47. The summed E-state index contributed by atoms with van der Waals surface area (Å²) in [5.74, 6) is -0.668. The molecule has 0 radical (unpaired) electrons. The molecule has 0 spiro atoms. The van der Waals surface area contributed by atoms with Gasteiger partial charge in [-0.3, -0.25) is 9.69 Å². The van der Waals surface area contributed by atoms with Crippen LogP contribution in [0.15, 0.2) is 78.9 Å². The van der Waals surface area contributed by atoms with Crippen LogP contribution in [0, 0.1) is 13.8 Å². The highest BCUT2D eigenvalue weighted by Crippen LogP contribution is 2.58. The number of carbonyl (C=O) groups excluding carboxylic acids is 1. The monoisotopic (exact) mass is 867 g/mol. The van der Waals surface area contributed by atoms with Crippen LogP contribution in [0.5, 0.6) is 46.0 Å². The first-order valence-corrected chi connectivity index (χ1v) is 21.5. The lowest BCUT2D eigenvalue weighted by molar-refractivity contribution is -0.148. The summed E-state index contributed by atoms with van der Waals surface area (Å²) in [4.78, 5) is 16.1. The van der Waals surface area contributed by atoms with Crippen LogP contribution in [0.3, 0.4) is 0 Å². The third-order valence-electron chi connectivity index (χ3n) is 12.0. The second-order valence-electron chi connectivity index (χ2n) is 15.4. The standard InChI is InChI=1S/C45H47N3O11S.C2H6/c1-22-18-24-16-17-48-32(34-35(39(53)23(2)42-43(34)59-21-58-42)40(54)37(48)36(47-3)33(24)41(55)38(22)52)19-57-44(56)31(46)20-60-45(25-4-10-28(49)11-5-25,26-6-12-29(50)13-7-26)27-8-14-30(51)15-9-27;1-2/h4-15,18,31-32,36-37,40,47,49-55H,16-17,19-21,46H2,1-3H3;1-2H3/t31?,32-,36?,37?,40?;/m0./s1. The molecule has 0 aromatic heterocycles. The molecule has 0 saturated heterocycles. The van der Waals surface area contributed by atoms with Gasteiger partial charge in [-0.15, -0.1) is 11.8 Å². The smallest absolute Gasteiger partial charge is 0.323 e. The number of thioether (sulfide) groups is 1. The summed E-state index contributed by atoms with van der Waals surface area (Å²) in [6, 6.07) is 18.2. The zero-order valence-electron chi connectivity index (χ0n) is 35.1. The molecule has 328 valence electrons. The minimum Gasteiger partial charge on any atom is -0.508 e. The molecule has 5 aromatic rings. The van der Waals surface area contributed by atoms with Gasteiger partial charge in [0, 0.05) is 34.6 Å². The highest BCUT2D eigenvalue weighted by atomic mass is 32.2. The number of aliphatic hydroxyl groups excluding tert-OH is 1. The van der Waals surface area contributed by atoms with Crippen LogP contribution in [-0.4, -0.2) is 91.4 Å². The predicted molar refractivity (Wildman–Crippen MR) is 234 cm³/mol. The molecule has 14 nitrogen and oxygen atoms in total. The lowest BCUT2D eigenvalue weighted by atomic mass is 9.79. The summed E-state index contributed by atoms with van der Waals surface area (Å²) in [5, 5.41) is 80.0. The predicted octanol–water partition coefficient (Wildman–Crippen LogP) is 6.16. The molecule has 5 atom stereocenters. The van der Waals surface area contributed by atoms with Crippen molar-refractivity contribution in [1.82, 2.24) is 10.2 Å². The zero-order chi connectivity index (χ0) is 44.6. The number of likely N-dealkylation sites (N-methyl/N-ethyl adjacent to an activating group) is 1. The molecule has 0 amide bonds. The number of hydrogen-bond acceptors (Lipinski definition) is 15. The summed E-state index contributed by atoms with van der Waals surface area (Å²) >= 11 is 1.34. The van der Waals surface area contributed by atoms with Crippen LogP contribution in [-0.2, 0) is 20.7 Å². The van der Waals surface area contributed by atoms with E-state index in [4.69, 9.17) is 19.9 Å². The summed E-state index contributed by atoms with van der Waals surface area (Å²) in [6.45, 7) is 7.28. The van der Waals surface area contributed by atoms with Crippen molar-refractivity contribution < 1.29 is 54.8 Å². The highest BCUT2D eigenvalue weighted by Gasteiger charge is 2.51. The minimum atomic E-state index is -1.34. The van der Waals surface area contributed by atoms with E-state index in [1.807, 2.05) is 24.8 Å². The van der Waals surface area contributed by atoms with Crippen molar-refractivity contribution in [3.8, 4) is 46.0 Å². The maximum Gasteiger partial charge on any atom is 0.323 e. The molecular weight excluding hydrogens is 815 g/mol. The number of phenols is 6. The fourth-order valence-corrected chi connectivity index (χ4v) is 10.6. The largest absolute Gasteiger partial charge is 0.508 e. The van der Waals surface area contributed by atoms with Gasteiger partial charge in [-0.25, -0.2) is 0 Å². The van der Waals surface area contributed by atoms with E-state index in [2.05, 4.69) is 5.32 Å². The van der Waals surface area contributed by atoms with Crippen LogP contribution >= 0.6 is 11.8 Å². The maximum atomic E-state index is 14.1. The molecule has 10 N–H and O–H groups in total. The normalized spacial score (nSPS) is 19.5. The number of hydrogen-bond donors (Lipinski definition) is 9. The number of fused-ring (bicyclic) bond motifs is 5. The first-order chi connectivity index (χ1) is 29.8. The Morgan fingerprint density at radius 1 is 0.823 bits per heavy atom. The molecule has 0 fully saturated rings. The first-order valence-electron chi connectivity index (χ1n) is 20.5. The van der Waals surface area contributed by atoms with E-state index >= 15 is 0 Å². The Kier molecular flexibility index (Phi) is 12.7. The summed E-state index contributed by atoms with van der Waals surface area (Å²) in [6.07, 6.45) is -0.940. The first kappa shape index (κ1) is 44.2. The number of nitrogens with one attached hydrogen (secondary N) is 1. The molecule has 0 saturated carbocycles. The van der Waals surface area contributed by atoms with E-state index in [1.165, 1.54) is 11.8 Å². The highest BCUT2D eigenvalue weighted by molar-refractivity contribution is 8.00. The minimum absolute atomic E-state index is 0.0271. The molecule has 3 heterocycles. The van der Waals surface area contributed by atoms with Crippen molar-refractivity contribution in [2.24, 2.45) is 5.73 Å². The van der Waals surface area contributed by atoms with E-state index in [1.54, 1.807) is 93.7 Å². The van der Waals surface area contributed by atoms with Gasteiger partial charge in [0.2, 0.25) is 6.79 Å². The van der Waals surface area contributed by atoms with E-state index in [0.717, 1.165) is 22.3 Å². The number of phenolic OH excluding ortho intramolecular Hbond substituents is 6. The molecule has 3 aliphatic rings. The third-order valence-corrected chi connectivity index (χ3v) is 13.7. The van der Waals surface area contributed by atoms with Gasteiger partial charge in [-0.2, -0.15) is 0 Å². The topological polar surface area (TPSA) is 228 Å². The van der Waals surface area contributed by atoms with Crippen molar-refractivity contribution in [3.63, 3.8) is 0 Å². The molecule has 3 aliphatic heterocycles. The molecule has 4 unspecified atom stereocenters. The summed E-state index contributed by atoms with van der Waals surface area (Å²) in [5.41, 5.74) is 11.5. The Balaban J connectivity index is 0.00000285. The average Bonchev–Trinajstić information content (AvgIpc) is 3.71. The number of esters is 1. The average molecular weight is 868 g/mol. The number of aromatic hydroxyl groups is 6. The molecule has 5 aromatic carbocycles. The number of aryl methyl sites for hydroxylation is 1. The van der Waals surface area contributed by atoms with Crippen molar-refractivity contribution in [1.29, 1.82) is 0 Å². The molecular formula is C47H53N3O11S. The van der Waals surface area contributed by atoms with Crippen LogP contribution in [0.2, 0.25) is 0 Å².